The van der Waals surface area contributed by atoms with E-state index in [2.05, 4.69) is 31.6 Å². The molecule has 0 atom stereocenters. The second-order valence-corrected chi connectivity index (χ2v) is 8.73. The van der Waals surface area contributed by atoms with Crippen LogP contribution < -0.4 is 5.43 Å². The predicted octanol–water partition coefficient (Wildman–Crippen LogP) is 4.73. The van der Waals surface area contributed by atoms with Gasteiger partial charge in [-0.3, -0.25) is 4.79 Å². The Hall–Kier alpha value is -2.65. The van der Waals surface area contributed by atoms with Crippen molar-refractivity contribution < 1.29 is 19.2 Å². The number of fused-ring (bicyclic) bond motifs is 3. The summed E-state index contributed by atoms with van der Waals surface area (Å²) in [6.07, 6.45) is 5.39. The lowest BCUT2D eigenvalue weighted by Gasteiger charge is -2.10. The zero-order chi connectivity index (χ0) is 21.1. The first-order valence-corrected chi connectivity index (χ1v) is 11.2. The second kappa shape index (κ2) is 9.01. The molecule has 0 saturated carbocycles. The number of hydrogen-bond donors (Lipinski definition) is 2. The number of oxime groups is 1. The zero-order valence-electron chi connectivity index (χ0n) is 16.3. The summed E-state index contributed by atoms with van der Waals surface area (Å²) in [6.45, 7) is 1.55. The van der Waals surface area contributed by atoms with Crippen molar-refractivity contribution in [3.05, 3.63) is 49.8 Å². The summed E-state index contributed by atoms with van der Waals surface area (Å²) in [5.74, 6) is 0.566. The lowest BCUT2D eigenvalue weighted by Crippen LogP contribution is -2.22. The van der Waals surface area contributed by atoms with Gasteiger partial charge < -0.3 is 14.4 Å². The van der Waals surface area contributed by atoms with Crippen molar-refractivity contribution in [2.45, 2.75) is 32.6 Å². The molecular formula is C21H20BrN3O4S. The average molecular weight is 490 g/mol. The number of phenolic OH excluding ortho intramolecular Hbond substituents is 1. The van der Waals surface area contributed by atoms with E-state index in [1.54, 1.807) is 17.4 Å². The van der Waals surface area contributed by atoms with Gasteiger partial charge in [-0.1, -0.05) is 11.2 Å². The number of benzene rings is 1. The number of halogens is 1. The minimum absolute atomic E-state index is 0.0575. The monoisotopic (exact) mass is 489 g/mol. The van der Waals surface area contributed by atoms with Crippen molar-refractivity contribution >= 4 is 56.1 Å². The lowest BCUT2D eigenvalue weighted by molar-refractivity contribution is -0.125. The molecule has 0 bridgehead atoms. The maximum atomic E-state index is 12.0. The number of hydrogen-bond acceptors (Lipinski definition) is 7. The predicted molar refractivity (Wildman–Crippen MR) is 120 cm³/mol. The van der Waals surface area contributed by atoms with Gasteiger partial charge in [0.2, 0.25) is 0 Å². The number of carbonyl (C=O) groups is 1. The van der Waals surface area contributed by atoms with Crippen molar-refractivity contribution in [1.29, 1.82) is 0 Å². The molecule has 2 N–H and O–H groups in total. The van der Waals surface area contributed by atoms with Crippen LogP contribution in [0.3, 0.4) is 0 Å². The number of aromatic hydroxyl groups is 1. The highest BCUT2D eigenvalue weighted by atomic mass is 79.9. The maximum absolute atomic E-state index is 12.0. The number of aryl methyl sites for hydroxylation is 2. The fourth-order valence-electron chi connectivity index (χ4n) is 3.46. The normalized spacial score (nSPS) is 14.3. The molecule has 1 aliphatic rings. The van der Waals surface area contributed by atoms with Gasteiger partial charge in [-0.25, -0.2) is 5.43 Å². The van der Waals surface area contributed by atoms with Crippen molar-refractivity contribution in [3.63, 3.8) is 0 Å². The molecule has 0 radical (unpaired) electrons. The van der Waals surface area contributed by atoms with E-state index in [4.69, 9.17) is 9.25 Å². The number of furan rings is 1. The van der Waals surface area contributed by atoms with Gasteiger partial charge in [-0.15, -0.1) is 11.3 Å². The third-order valence-corrected chi connectivity index (χ3v) is 6.45. The van der Waals surface area contributed by atoms with Gasteiger partial charge in [0.15, 0.2) is 6.61 Å². The summed E-state index contributed by atoms with van der Waals surface area (Å²) in [6, 6.07) is 5.61. The van der Waals surface area contributed by atoms with E-state index >= 15 is 0 Å². The van der Waals surface area contributed by atoms with Crippen molar-refractivity contribution in [2.75, 3.05) is 6.61 Å². The molecule has 1 amide bonds. The third-order valence-electron chi connectivity index (χ3n) is 4.86. The van der Waals surface area contributed by atoms with Gasteiger partial charge in [0.25, 0.3) is 5.91 Å². The van der Waals surface area contributed by atoms with E-state index in [9.17, 15) is 9.90 Å². The van der Waals surface area contributed by atoms with Gasteiger partial charge in [0, 0.05) is 22.9 Å². The van der Waals surface area contributed by atoms with Gasteiger partial charge in [0.05, 0.1) is 21.3 Å². The quantitative estimate of drug-likeness (QED) is 0.386. The van der Waals surface area contributed by atoms with Crippen LogP contribution in [-0.4, -0.2) is 29.5 Å². The summed E-state index contributed by atoms with van der Waals surface area (Å²) in [4.78, 5) is 18.1. The highest BCUT2D eigenvalue weighted by Crippen LogP contribution is 2.40. The van der Waals surface area contributed by atoms with Gasteiger partial charge in [0.1, 0.15) is 17.1 Å². The van der Waals surface area contributed by atoms with Crippen molar-refractivity contribution in [3.8, 4) is 5.75 Å². The van der Waals surface area contributed by atoms with Crippen LogP contribution in [0.5, 0.6) is 5.75 Å². The first kappa shape index (κ1) is 20.6. The summed E-state index contributed by atoms with van der Waals surface area (Å²) in [5.41, 5.74) is 5.42. The van der Waals surface area contributed by atoms with E-state index in [0.717, 1.165) is 47.3 Å². The number of rotatable bonds is 6. The number of hydrazone groups is 1. The van der Waals surface area contributed by atoms with E-state index in [1.165, 1.54) is 6.21 Å². The van der Waals surface area contributed by atoms with Gasteiger partial charge >= 0.3 is 0 Å². The van der Waals surface area contributed by atoms with Crippen LogP contribution in [0.15, 0.2) is 42.7 Å². The summed E-state index contributed by atoms with van der Waals surface area (Å²) in [7, 11) is 0. The lowest BCUT2D eigenvalue weighted by atomic mass is 9.94. The second-order valence-electron chi connectivity index (χ2n) is 6.93. The fourth-order valence-corrected chi connectivity index (χ4v) is 4.55. The van der Waals surface area contributed by atoms with E-state index < -0.39 is 5.91 Å². The largest absolute Gasteiger partial charge is 0.506 e. The van der Waals surface area contributed by atoms with Crippen molar-refractivity contribution in [1.82, 2.24) is 5.43 Å². The smallest absolute Gasteiger partial charge is 0.280 e. The molecular weight excluding hydrogens is 470 g/mol. The number of carbonyl (C=O) groups excluding carboxylic acids is 1. The van der Waals surface area contributed by atoms with Crippen LogP contribution in [0.25, 0.3) is 11.0 Å². The molecule has 156 valence electrons. The summed E-state index contributed by atoms with van der Waals surface area (Å²) in [5, 5.41) is 21.3. The molecule has 3 aromatic rings. The highest BCUT2D eigenvalue weighted by molar-refractivity contribution is 9.10. The first-order chi connectivity index (χ1) is 14.5. The van der Waals surface area contributed by atoms with Crippen LogP contribution in [0.4, 0.5) is 0 Å². The first-order valence-electron chi connectivity index (χ1n) is 9.52. The number of nitrogens with zero attached hydrogens (tertiary/aromatic N) is 2. The average Bonchev–Trinajstić information content (AvgIpc) is 3.38. The standard InChI is InChI=1S/C21H20BrN3O4S/c1-12(18-7-4-8-30-18)25-28-11-19(26)24-23-10-14-20-13-5-2-3-6-16(13)29-17(20)9-15(22)21(14)27/h4,7-10,27H,2-3,5-6,11H2,1H3,(H,24,26)/b23-10+,25-12?. The van der Waals surface area contributed by atoms with Gasteiger partial charge in [-0.2, -0.15) is 5.10 Å². The third kappa shape index (κ3) is 4.27. The molecule has 7 nitrogen and oxygen atoms in total. The molecule has 0 fully saturated rings. The molecule has 0 saturated heterocycles. The van der Waals surface area contributed by atoms with Crippen LogP contribution in [-0.2, 0) is 22.5 Å². The summed E-state index contributed by atoms with van der Waals surface area (Å²) < 4.78 is 6.49. The molecule has 0 unspecified atom stereocenters. The van der Waals surface area contributed by atoms with Crippen LogP contribution >= 0.6 is 27.3 Å². The highest BCUT2D eigenvalue weighted by Gasteiger charge is 2.22. The van der Waals surface area contributed by atoms with Crippen LogP contribution in [0.2, 0.25) is 0 Å². The van der Waals surface area contributed by atoms with Crippen LogP contribution in [0, 0.1) is 0 Å². The Morgan fingerprint density at radius 3 is 3.07 bits per heavy atom. The minimum atomic E-state index is -0.450. The Morgan fingerprint density at radius 2 is 2.27 bits per heavy atom. The number of nitrogens with one attached hydrogen (secondary N) is 1. The Labute approximate surface area is 185 Å². The molecule has 2 heterocycles. The molecule has 1 aliphatic carbocycles. The molecule has 9 heteroatoms. The topological polar surface area (TPSA) is 96.4 Å². The van der Waals surface area contributed by atoms with Crippen LogP contribution in [0.1, 0.15) is 41.5 Å². The number of amides is 1. The van der Waals surface area contributed by atoms with Crippen molar-refractivity contribution in [2.24, 2.45) is 10.3 Å². The Bertz CT molecular complexity index is 1140. The SMILES string of the molecule is CC(=NOCC(=O)N/N=C/c1c(O)c(Br)cc2oc3c(c12)CCCC3)c1cccs1. The van der Waals surface area contributed by atoms with Gasteiger partial charge in [-0.05, 0) is 59.6 Å². The molecule has 0 aliphatic heterocycles. The molecule has 0 spiro atoms. The number of phenols is 1. The minimum Gasteiger partial charge on any atom is -0.506 e. The Balaban J connectivity index is 1.46. The number of thiophene rings is 1. The Morgan fingerprint density at radius 1 is 1.43 bits per heavy atom. The van der Waals surface area contributed by atoms with E-state index in [1.807, 2.05) is 24.4 Å². The summed E-state index contributed by atoms with van der Waals surface area (Å²) >= 11 is 4.90. The zero-order valence-corrected chi connectivity index (χ0v) is 18.7. The van der Waals surface area contributed by atoms with E-state index in [0.29, 0.717) is 21.3 Å². The van der Waals surface area contributed by atoms with E-state index in [-0.39, 0.29) is 12.4 Å². The Kier molecular flexibility index (Phi) is 6.19. The fraction of sp³-hybridized carbons (Fsp3) is 0.286. The molecule has 4 rings (SSSR count). The molecule has 1 aromatic carbocycles. The molecule has 2 aromatic heterocycles. The molecule has 30 heavy (non-hydrogen) atoms. The maximum Gasteiger partial charge on any atom is 0.280 e.